The van der Waals surface area contributed by atoms with Crippen LogP contribution in [-0.2, 0) is 0 Å². The SMILES string of the molecule is CC(O)C(C)n1nc(Br)cc1Br. The van der Waals surface area contributed by atoms with E-state index in [2.05, 4.69) is 37.0 Å². The van der Waals surface area contributed by atoms with Crippen molar-refractivity contribution in [2.45, 2.75) is 26.0 Å². The molecule has 12 heavy (non-hydrogen) atoms. The number of aliphatic hydroxyl groups excluding tert-OH is 1. The molecule has 1 rings (SSSR count). The molecular weight excluding hydrogens is 288 g/mol. The highest BCUT2D eigenvalue weighted by Gasteiger charge is 2.14. The summed E-state index contributed by atoms with van der Waals surface area (Å²) in [7, 11) is 0. The van der Waals surface area contributed by atoms with E-state index in [-0.39, 0.29) is 6.04 Å². The number of nitrogens with zero attached hydrogens (tertiary/aromatic N) is 2. The van der Waals surface area contributed by atoms with E-state index in [0.717, 1.165) is 9.21 Å². The maximum atomic E-state index is 9.31. The van der Waals surface area contributed by atoms with Gasteiger partial charge in [0.15, 0.2) is 0 Å². The quantitative estimate of drug-likeness (QED) is 0.910. The van der Waals surface area contributed by atoms with Gasteiger partial charge in [-0.15, -0.1) is 0 Å². The Morgan fingerprint density at radius 3 is 2.42 bits per heavy atom. The van der Waals surface area contributed by atoms with Crippen molar-refractivity contribution in [1.29, 1.82) is 0 Å². The summed E-state index contributed by atoms with van der Waals surface area (Å²) in [5, 5.41) is 13.5. The van der Waals surface area contributed by atoms with Gasteiger partial charge in [0.2, 0.25) is 0 Å². The summed E-state index contributed by atoms with van der Waals surface area (Å²) in [6.07, 6.45) is -0.409. The van der Waals surface area contributed by atoms with E-state index in [1.165, 1.54) is 0 Å². The van der Waals surface area contributed by atoms with Crippen molar-refractivity contribution in [2.24, 2.45) is 0 Å². The standard InChI is InChI=1S/C7H10Br2N2O/c1-4(5(2)12)11-7(9)3-6(8)10-11/h3-5,12H,1-2H3. The Morgan fingerprint density at radius 2 is 2.08 bits per heavy atom. The molecule has 0 radical (unpaired) electrons. The molecule has 1 aromatic rings. The lowest BCUT2D eigenvalue weighted by Gasteiger charge is -2.15. The van der Waals surface area contributed by atoms with E-state index in [0.29, 0.717) is 0 Å². The van der Waals surface area contributed by atoms with E-state index >= 15 is 0 Å². The van der Waals surface area contributed by atoms with Crippen molar-refractivity contribution in [3.05, 3.63) is 15.3 Å². The number of aromatic nitrogens is 2. The third-order valence-electron chi connectivity index (χ3n) is 1.74. The second kappa shape index (κ2) is 3.89. The van der Waals surface area contributed by atoms with Crippen molar-refractivity contribution >= 4 is 31.9 Å². The van der Waals surface area contributed by atoms with Crippen LogP contribution in [0.1, 0.15) is 19.9 Å². The van der Waals surface area contributed by atoms with Crippen LogP contribution in [0.5, 0.6) is 0 Å². The fourth-order valence-corrected chi connectivity index (χ4v) is 2.15. The molecule has 1 heterocycles. The zero-order valence-electron chi connectivity index (χ0n) is 6.83. The molecule has 2 unspecified atom stereocenters. The molecular formula is C7H10Br2N2O. The Balaban J connectivity index is 2.94. The molecule has 0 aliphatic carbocycles. The summed E-state index contributed by atoms with van der Waals surface area (Å²) in [6.45, 7) is 3.65. The molecule has 0 saturated heterocycles. The first-order valence-corrected chi connectivity index (χ1v) is 5.19. The Labute approximate surface area is 88.0 Å². The largest absolute Gasteiger partial charge is 0.391 e. The first-order valence-electron chi connectivity index (χ1n) is 3.61. The van der Waals surface area contributed by atoms with E-state index in [1.54, 1.807) is 11.6 Å². The molecule has 5 heteroatoms. The molecule has 0 saturated carbocycles. The lowest BCUT2D eigenvalue weighted by molar-refractivity contribution is 0.131. The van der Waals surface area contributed by atoms with Crippen LogP contribution in [0, 0.1) is 0 Å². The molecule has 68 valence electrons. The number of rotatable bonds is 2. The van der Waals surface area contributed by atoms with Crippen molar-refractivity contribution < 1.29 is 5.11 Å². The third-order valence-corrected chi connectivity index (χ3v) is 2.72. The Kier molecular flexibility index (Phi) is 3.31. The molecule has 0 fully saturated rings. The van der Waals surface area contributed by atoms with Gasteiger partial charge in [0, 0.05) is 6.07 Å². The molecule has 2 atom stereocenters. The number of halogens is 2. The minimum absolute atomic E-state index is 0.0225. The average molecular weight is 298 g/mol. The normalized spacial score (nSPS) is 16.1. The van der Waals surface area contributed by atoms with E-state index in [1.807, 2.05) is 13.0 Å². The van der Waals surface area contributed by atoms with Gasteiger partial charge in [-0.1, -0.05) is 0 Å². The Hall–Kier alpha value is 0.130. The topological polar surface area (TPSA) is 38.0 Å². The zero-order chi connectivity index (χ0) is 9.30. The first kappa shape index (κ1) is 10.2. The van der Waals surface area contributed by atoms with E-state index < -0.39 is 6.10 Å². The van der Waals surface area contributed by atoms with Gasteiger partial charge in [-0.2, -0.15) is 5.10 Å². The van der Waals surface area contributed by atoms with Gasteiger partial charge in [0.1, 0.15) is 9.21 Å². The average Bonchev–Trinajstić information content (AvgIpc) is 2.28. The molecule has 0 spiro atoms. The van der Waals surface area contributed by atoms with Crippen LogP contribution >= 0.6 is 31.9 Å². The lowest BCUT2D eigenvalue weighted by Crippen LogP contribution is -2.19. The molecule has 0 bridgehead atoms. The summed E-state index contributed by atoms with van der Waals surface area (Å²) in [5.41, 5.74) is 0. The first-order chi connectivity index (χ1) is 5.52. The van der Waals surface area contributed by atoms with E-state index in [4.69, 9.17) is 0 Å². The van der Waals surface area contributed by atoms with Crippen molar-refractivity contribution in [2.75, 3.05) is 0 Å². The monoisotopic (exact) mass is 296 g/mol. The highest BCUT2D eigenvalue weighted by molar-refractivity contribution is 9.11. The van der Waals surface area contributed by atoms with Gasteiger partial charge in [-0.05, 0) is 45.7 Å². The highest BCUT2D eigenvalue weighted by Crippen LogP contribution is 2.21. The van der Waals surface area contributed by atoms with Crippen LogP contribution in [0.2, 0.25) is 0 Å². The van der Waals surface area contributed by atoms with Gasteiger partial charge < -0.3 is 5.11 Å². The van der Waals surface area contributed by atoms with Crippen LogP contribution in [0.25, 0.3) is 0 Å². The molecule has 1 N–H and O–H groups in total. The third kappa shape index (κ3) is 2.08. The smallest absolute Gasteiger partial charge is 0.129 e. The van der Waals surface area contributed by atoms with Crippen molar-refractivity contribution in [3.8, 4) is 0 Å². The lowest BCUT2D eigenvalue weighted by atomic mass is 10.2. The van der Waals surface area contributed by atoms with Crippen molar-refractivity contribution in [1.82, 2.24) is 9.78 Å². The Morgan fingerprint density at radius 1 is 1.50 bits per heavy atom. The molecule has 1 aromatic heterocycles. The number of hydrogen-bond acceptors (Lipinski definition) is 2. The maximum Gasteiger partial charge on any atom is 0.129 e. The van der Waals surface area contributed by atoms with Gasteiger partial charge in [0.05, 0.1) is 12.1 Å². The van der Waals surface area contributed by atoms with Crippen molar-refractivity contribution in [3.63, 3.8) is 0 Å². The van der Waals surface area contributed by atoms with Crippen LogP contribution in [0.15, 0.2) is 15.3 Å². The van der Waals surface area contributed by atoms with Gasteiger partial charge in [-0.3, -0.25) is 4.68 Å². The minimum Gasteiger partial charge on any atom is -0.391 e. The second-order valence-electron chi connectivity index (χ2n) is 2.72. The van der Waals surface area contributed by atoms with E-state index in [9.17, 15) is 5.11 Å². The minimum atomic E-state index is -0.409. The van der Waals surface area contributed by atoms with Gasteiger partial charge in [-0.25, -0.2) is 0 Å². The van der Waals surface area contributed by atoms with Crippen LogP contribution < -0.4 is 0 Å². The highest BCUT2D eigenvalue weighted by atomic mass is 79.9. The molecule has 0 aliphatic rings. The zero-order valence-corrected chi connectivity index (χ0v) is 10.0. The summed E-state index contributed by atoms with van der Waals surface area (Å²) in [6, 6.07) is 1.82. The molecule has 0 amide bonds. The van der Waals surface area contributed by atoms with Crippen LogP contribution in [0.4, 0.5) is 0 Å². The summed E-state index contributed by atoms with van der Waals surface area (Å²) >= 11 is 6.60. The molecule has 0 aliphatic heterocycles. The summed E-state index contributed by atoms with van der Waals surface area (Å²) in [4.78, 5) is 0. The Bertz CT molecular complexity index is 272. The number of hydrogen-bond donors (Lipinski definition) is 1. The second-order valence-corrected chi connectivity index (χ2v) is 4.34. The molecule has 0 aromatic carbocycles. The number of aliphatic hydroxyl groups is 1. The van der Waals surface area contributed by atoms with Crippen LogP contribution in [-0.4, -0.2) is 21.0 Å². The van der Waals surface area contributed by atoms with Gasteiger partial charge >= 0.3 is 0 Å². The predicted molar refractivity (Wildman–Crippen MR) is 54.0 cm³/mol. The fourth-order valence-electron chi connectivity index (χ4n) is 0.834. The predicted octanol–water partition coefficient (Wildman–Crippen LogP) is 2.35. The molecule has 3 nitrogen and oxygen atoms in total. The fraction of sp³-hybridized carbons (Fsp3) is 0.571. The van der Waals surface area contributed by atoms with Gasteiger partial charge in [0.25, 0.3) is 0 Å². The van der Waals surface area contributed by atoms with Crippen LogP contribution in [0.3, 0.4) is 0 Å². The maximum absolute atomic E-state index is 9.31. The summed E-state index contributed by atoms with van der Waals surface area (Å²) < 4.78 is 3.36. The summed E-state index contributed by atoms with van der Waals surface area (Å²) in [5.74, 6) is 0.